The average Bonchev–Trinajstić information content (AvgIpc) is 1.79. The van der Waals surface area contributed by atoms with E-state index in [0.717, 1.165) is 0 Å². The van der Waals surface area contributed by atoms with Gasteiger partial charge in [0.15, 0.2) is 0 Å². The second-order valence-corrected chi connectivity index (χ2v) is 4.00. The highest BCUT2D eigenvalue weighted by Crippen LogP contribution is 1.96. The minimum atomic E-state index is -2.48. The summed E-state index contributed by atoms with van der Waals surface area (Å²) >= 11 is 5.79. The van der Waals surface area contributed by atoms with E-state index in [4.69, 9.17) is 5.73 Å². The third-order valence-corrected chi connectivity index (χ3v) is 2.12. The molecule has 3 N–H and O–H groups in total. The van der Waals surface area contributed by atoms with Gasteiger partial charge in [-0.15, -0.1) is 0 Å². The lowest BCUT2D eigenvalue weighted by atomic mass is 10.8. The van der Waals surface area contributed by atoms with Crippen LogP contribution in [0.1, 0.15) is 0 Å². The maximum atomic E-state index is 9.90. The van der Waals surface area contributed by atoms with Crippen LogP contribution < -0.4 is 10.5 Å². The predicted octanol–water partition coefficient (Wildman–Crippen LogP) is -0.921. The van der Waals surface area contributed by atoms with Gasteiger partial charge in [0.1, 0.15) is 4.32 Å². The molecule has 10 heavy (non-hydrogen) atoms. The quantitative estimate of drug-likeness (QED) is 0.311. The number of hydrogen-bond acceptors (Lipinski definition) is 4. The Balaban J connectivity index is 3.13. The summed E-state index contributed by atoms with van der Waals surface area (Å²) in [7, 11) is -2.48. The molecule has 0 bridgehead atoms. The SMILES string of the molecule is NC(=S)SCCN[SH](=O)=O. The molecule has 0 atom stereocenters. The van der Waals surface area contributed by atoms with Gasteiger partial charge in [0, 0.05) is 12.3 Å². The van der Waals surface area contributed by atoms with E-state index in [9.17, 15) is 8.42 Å². The molecule has 0 aromatic carbocycles. The summed E-state index contributed by atoms with van der Waals surface area (Å²) in [6, 6.07) is 0. The second kappa shape index (κ2) is 5.90. The first-order chi connectivity index (χ1) is 4.63. The van der Waals surface area contributed by atoms with Crippen LogP contribution in [0.15, 0.2) is 0 Å². The van der Waals surface area contributed by atoms with Gasteiger partial charge < -0.3 is 5.73 Å². The van der Waals surface area contributed by atoms with Crippen molar-refractivity contribution in [2.24, 2.45) is 5.73 Å². The smallest absolute Gasteiger partial charge is 0.201 e. The molecule has 0 aliphatic rings. The third-order valence-electron chi connectivity index (χ3n) is 0.587. The highest BCUT2D eigenvalue weighted by molar-refractivity contribution is 8.22. The van der Waals surface area contributed by atoms with Gasteiger partial charge >= 0.3 is 0 Å². The van der Waals surface area contributed by atoms with Gasteiger partial charge in [0.05, 0.1) is 0 Å². The molecule has 0 aromatic heterocycles. The first kappa shape index (κ1) is 10.2. The molecule has 0 aliphatic carbocycles. The second-order valence-electron chi connectivity index (χ2n) is 1.33. The van der Waals surface area contributed by atoms with Crippen LogP contribution in [0.4, 0.5) is 0 Å². The largest absolute Gasteiger partial charge is 0.385 e. The summed E-state index contributed by atoms with van der Waals surface area (Å²) in [6.45, 7) is 0.376. The van der Waals surface area contributed by atoms with Crippen molar-refractivity contribution < 1.29 is 8.42 Å². The molecule has 0 spiro atoms. The molecule has 0 fully saturated rings. The van der Waals surface area contributed by atoms with E-state index in [1.807, 2.05) is 0 Å². The van der Waals surface area contributed by atoms with Crippen LogP contribution in [0.25, 0.3) is 0 Å². The average molecular weight is 200 g/mol. The Morgan fingerprint density at radius 1 is 1.70 bits per heavy atom. The van der Waals surface area contributed by atoms with Gasteiger partial charge in [0.25, 0.3) is 0 Å². The summed E-state index contributed by atoms with van der Waals surface area (Å²) < 4.78 is 22.3. The molecule has 0 saturated heterocycles. The molecule has 0 aliphatic heterocycles. The van der Waals surface area contributed by atoms with Crippen molar-refractivity contribution >= 4 is 39.2 Å². The number of hydrogen-bond donors (Lipinski definition) is 3. The van der Waals surface area contributed by atoms with E-state index in [-0.39, 0.29) is 0 Å². The van der Waals surface area contributed by atoms with Crippen LogP contribution in [-0.4, -0.2) is 25.0 Å². The fourth-order valence-corrected chi connectivity index (χ4v) is 1.39. The van der Waals surface area contributed by atoms with E-state index >= 15 is 0 Å². The topological polar surface area (TPSA) is 72.2 Å². The minimum Gasteiger partial charge on any atom is -0.385 e. The molecule has 4 nitrogen and oxygen atoms in total. The first-order valence-electron chi connectivity index (χ1n) is 2.43. The predicted molar refractivity (Wildman–Crippen MR) is 47.6 cm³/mol. The van der Waals surface area contributed by atoms with Crippen LogP contribution >= 0.6 is 24.0 Å². The van der Waals surface area contributed by atoms with E-state index in [0.29, 0.717) is 16.6 Å². The Morgan fingerprint density at radius 3 is 2.70 bits per heavy atom. The summed E-state index contributed by atoms with van der Waals surface area (Å²) in [5.74, 6) is 0.582. The molecule has 0 aromatic rings. The van der Waals surface area contributed by atoms with Gasteiger partial charge in [0.2, 0.25) is 10.9 Å². The molecule has 0 amide bonds. The fraction of sp³-hybridized carbons (Fsp3) is 0.667. The zero-order valence-corrected chi connectivity index (χ0v) is 7.60. The Kier molecular flexibility index (Phi) is 5.99. The molecule has 0 radical (unpaired) electrons. The van der Waals surface area contributed by atoms with Crippen molar-refractivity contribution in [2.75, 3.05) is 12.3 Å². The molecule has 60 valence electrons. The Morgan fingerprint density at radius 2 is 2.30 bits per heavy atom. The molecule has 7 heteroatoms. The van der Waals surface area contributed by atoms with E-state index in [1.165, 1.54) is 11.8 Å². The number of thiocarbonyl (C=S) groups is 1. The first-order valence-corrected chi connectivity index (χ1v) is 5.00. The highest BCUT2D eigenvalue weighted by atomic mass is 32.2. The van der Waals surface area contributed by atoms with Crippen molar-refractivity contribution in [1.29, 1.82) is 0 Å². The van der Waals surface area contributed by atoms with Crippen LogP contribution in [0.5, 0.6) is 0 Å². The molecular formula is C3H8N2O2S3. The third kappa shape index (κ3) is 8.15. The summed E-state index contributed by atoms with van der Waals surface area (Å²) in [5.41, 5.74) is 5.12. The zero-order valence-electron chi connectivity index (χ0n) is 5.07. The van der Waals surface area contributed by atoms with Crippen molar-refractivity contribution in [2.45, 2.75) is 0 Å². The van der Waals surface area contributed by atoms with E-state index < -0.39 is 10.9 Å². The molecule has 0 saturated carbocycles. The molecule has 0 heterocycles. The van der Waals surface area contributed by atoms with Crippen molar-refractivity contribution in [3.63, 3.8) is 0 Å². The van der Waals surface area contributed by atoms with Crippen LogP contribution in [0.3, 0.4) is 0 Å². The van der Waals surface area contributed by atoms with E-state index in [1.54, 1.807) is 0 Å². The summed E-state index contributed by atoms with van der Waals surface area (Å²) in [4.78, 5) is 0. The minimum absolute atomic E-state index is 0.336. The number of thioether (sulfide) groups is 1. The summed E-state index contributed by atoms with van der Waals surface area (Å²) in [6.07, 6.45) is 0. The van der Waals surface area contributed by atoms with Gasteiger partial charge in [-0.25, -0.2) is 13.1 Å². The highest BCUT2D eigenvalue weighted by Gasteiger charge is 1.89. The lowest BCUT2D eigenvalue weighted by Gasteiger charge is -1.94. The van der Waals surface area contributed by atoms with Gasteiger partial charge in [-0.1, -0.05) is 24.0 Å². The summed E-state index contributed by atoms with van der Waals surface area (Å²) in [5, 5.41) is 0. The monoisotopic (exact) mass is 200 g/mol. The number of nitrogens with two attached hydrogens (primary N) is 1. The van der Waals surface area contributed by atoms with Gasteiger partial charge in [-0.05, 0) is 0 Å². The maximum Gasteiger partial charge on any atom is 0.201 e. The lowest BCUT2D eigenvalue weighted by Crippen LogP contribution is -2.16. The van der Waals surface area contributed by atoms with E-state index in [2.05, 4.69) is 16.9 Å². The van der Waals surface area contributed by atoms with Crippen LogP contribution in [-0.2, 0) is 10.9 Å². The maximum absolute atomic E-state index is 9.90. The molecule has 0 rings (SSSR count). The van der Waals surface area contributed by atoms with Crippen molar-refractivity contribution in [1.82, 2.24) is 4.72 Å². The standard InChI is InChI=1S/C3H8N2O2S3/c4-3(8)9-2-1-5-10(6)7/h10H,1-2H2,(H2,4,8)(H,5,6,7). The lowest BCUT2D eigenvalue weighted by molar-refractivity contribution is 0.604. The Bertz CT molecular complexity index is 171. The Labute approximate surface area is 70.6 Å². The normalized spacial score (nSPS) is 10.1. The zero-order chi connectivity index (χ0) is 7.98. The number of thiol groups is 1. The number of rotatable bonds is 4. The Hall–Kier alpha value is 0.150. The van der Waals surface area contributed by atoms with Gasteiger partial charge in [-0.3, -0.25) is 0 Å². The van der Waals surface area contributed by atoms with Crippen molar-refractivity contribution in [3.05, 3.63) is 0 Å². The molecule has 0 unspecified atom stereocenters. The number of nitrogens with one attached hydrogen (secondary N) is 1. The van der Waals surface area contributed by atoms with Crippen LogP contribution in [0, 0.1) is 0 Å². The fourth-order valence-electron chi connectivity index (χ4n) is 0.289. The van der Waals surface area contributed by atoms with Gasteiger partial charge in [-0.2, -0.15) is 0 Å². The van der Waals surface area contributed by atoms with Crippen molar-refractivity contribution in [3.8, 4) is 0 Å². The van der Waals surface area contributed by atoms with Crippen LogP contribution in [0.2, 0.25) is 0 Å². The molecular weight excluding hydrogens is 192 g/mol.